The van der Waals surface area contributed by atoms with Crippen molar-refractivity contribution in [1.29, 1.82) is 0 Å². The first-order chi connectivity index (χ1) is 7.28. The third-order valence-corrected chi connectivity index (χ3v) is 1.59. The highest BCUT2D eigenvalue weighted by molar-refractivity contribution is 5.48. The van der Waals surface area contributed by atoms with Gasteiger partial charge in [0.05, 0.1) is 6.61 Å². The first kappa shape index (κ1) is 13.7. The largest absolute Gasteiger partial charge is 0.494 e. The van der Waals surface area contributed by atoms with Crippen LogP contribution in [0.2, 0.25) is 0 Å². The number of ether oxygens (including phenoxy) is 1. The van der Waals surface area contributed by atoms with Crippen molar-refractivity contribution in [2.24, 2.45) is 0 Å². The highest BCUT2D eigenvalue weighted by atomic mass is 16.5. The molecule has 0 heterocycles. The number of nitrogens with one attached hydrogen (secondary N) is 1. The molecule has 0 amide bonds. The molecule has 0 saturated carbocycles. The van der Waals surface area contributed by atoms with Gasteiger partial charge in [0.15, 0.2) is 0 Å². The summed E-state index contributed by atoms with van der Waals surface area (Å²) in [6.45, 7) is 6.56. The van der Waals surface area contributed by atoms with E-state index in [2.05, 4.69) is 18.8 Å². The van der Waals surface area contributed by atoms with Crippen molar-refractivity contribution >= 4 is 6.08 Å². The van der Waals surface area contributed by atoms with E-state index in [1.54, 1.807) is 0 Å². The smallest absolute Gasteiger partial charge is 0.119 e. The average molecular weight is 207 g/mol. The molecule has 0 saturated heterocycles. The summed E-state index contributed by atoms with van der Waals surface area (Å²) in [6.07, 6.45) is 2.87. The Bertz CT molecular complexity index is 254. The summed E-state index contributed by atoms with van der Waals surface area (Å²) >= 11 is 0. The molecule has 1 N–H and O–H groups in total. The molecule has 1 aromatic carbocycles. The standard InChI is InChI=1S/C11H14O.C2H7N/c1-3-9-12-11-7-5-10(4-2)6-8-11;1-3-2/h4-8H,2-3,9H2,1H3;3H,1-2H3. The second kappa shape index (κ2) is 9.28. The number of rotatable bonds is 4. The Labute approximate surface area is 93.0 Å². The summed E-state index contributed by atoms with van der Waals surface area (Å²) in [5.41, 5.74) is 1.12. The second-order valence-electron chi connectivity index (χ2n) is 3.12. The van der Waals surface area contributed by atoms with Crippen LogP contribution in [0.4, 0.5) is 0 Å². The molecule has 2 heteroatoms. The monoisotopic (exact) mass is 207 g/mol. The number of hydrogen-bond donors (Lipinski definition) is 1. The summed E-state index contributed by atoms with van der Waals surface area (Å²) in [4.78, 5) is 0. The SMILES string of the molecule is C=Cc1ccc(OCCC)cc1.CNC. The van der Waals surface area contributed by atoms with Crippen molar-refractivity contribution in [3.8, 4) is 5.75 Å². The maximum absolute atomic E-state index is 5.42. The number of hydrogen-bond acceptors (Lipinski definition) is 2. The molecule has 1 rings (SSSR count). The van der Waals surface area contributed by atoms with E-state index in [1.807, 2.05) is 44.4 Å². The molecule has 84 valence electrons. The lowest BCUT2D eigenvalue weighted by Gasteiger charge is -2.03. The summed E-state index contributed by atoms with van der Waals surface area (Å²) in [6, 6.07) is 7.93. The van der Waals surface area contributed by atoms with Gasteiger partial charge in [-0.3, -0.25) is 0 Å². The molecule has 0 fully saturated rings. The van der Waals surface area contributed by atoms with Crippen molar-refractivity contribution in [3.05, 3.63) is 36.4 Å². The molecule has 1 aromatic rings. The minimum Gasteiger partial charge on any atom is -0.494 e. The molecule has 15 heavy (non-hydrogen) atoms. The van der Waals surface area contributed by atoms with Gasteiger partial charge >= 0.3 is 0 Å². The predicted octanol–water partition coefficient (Wildman–Crippen LogP) is 2.95. The zero-order valence-electron chi connectivity index (χ0n) is 9.92. The Morgan fingerprint density at radius 2 is 1.80 bits per heavy atom. The zero-order valence-corrected chi connectivity index (χ0v) is 9.92. The molecule has 0 spiro atoms. The van der Waals surface area contributed by atoms with E-state index < -0.39 is 0 Å². The molecule has 0 bridgehead atoms. The van der Waals surface area contributed by atoms with Crippen LogP contribution in [-0.2, 0) is 0 Å². The normalized spacial score (nSPS) is 8.73. The Balaban J connectivity index is 0.000000583. The summed E-state index contributed by atoms with van der Waals surface area (Å²) < 4.78 is 5.42. The Morgan fingerprint density at radius 1 is 1.27 bits per heavy atom. The third-order valence-electron chi connectivity index (χ3n) is 1.59. The Hall–Kier alpha value is -1.28. The molecule has 0 unspecified atom stereocenters. The van der Waals surface area contributed by atoms with Crippen LogP contribution in [0.15, 0.2) is 30.8 Å². The van der Waals surface area contributed by atoms with Crippen LogP contribution in [0.3, 0.4) is 0 Å². The lowest BCUT2D eigenvalue weighted by Crippen LogP contribution is -1.94. The van der Waals surface area contributed by atoms with E-state index in [9.17, 15) is 0 Å². The predicted molar refractivity (Wildman–Crippen MR) is 67.3 cm³/mol. The molecular formula is C13H21NO. The van der Waals surface area contributed by atoms with Gasteiger partial charge in [0.25, 0.3) is 0 Å². The number of benzene rings is 1. The van der Waals surface area contributed by atoms with Crippen LogP contribution in [0.25, 0.3) is 6.08 Å². The zero-order chi connectivity index (χ0) is 11.5. The van der Waals surface area contributed by atoms with Gasteiger partial charge in [-0.05, 0) is 38.2 Å². The van der Waals surface area contributed by atoms with Crippen molar-refractivity contribution in [1.82, 2.24) is 5.32 Å². The fraction of sp³-hybridized carbons (Fsp3) is 0.385. The first-order valence-electron chi connectivity index (χ1n) is 5.22. The van der Waals surface area contributed by atoms with Gasteiger partial charge in [-0.15, -0.1) is 0 Å². The maximum atomic E-state index is 5.42. The molecule has 2 nitrogen and oxygen atoms in total. The molecule has 0 radical (unpaired) electrons. The van der Waals surface area contributed by atoms with E-state index in [-0.39, 0.29) is 0 Å². The molecular weight excluding hydrogens is 186 g/mol. The Morgan fingerprint density at radius 3 is 2.20 bits per heavy atom. The van der Waals surface area contributed by atoms with E-state index in [1.165, 1.54) is 0 Å². The van der Waals surface area contributed by atoms with E-state index in [0.717, 1.165) is 24.3 Å². The summed E-state index contributed by atoms with van der Waals surface area (Å²) in [7, 11) is 3.75. The molecule has 0 aliphatic rings. The van der Waals surface area contributed by atoms with Gasteiger partial charge in [-0.2, -0.15) is 0 Å². The molecule has 0 aliphatic carbocycles. The van der Waals surface area contributed by atoms with E-state index in [4.69, 9.17) is 4.74 Å². The van der Waals surface area contributed by atoms with Crippen LogP contribution in [0.1, 0.15) is 18.9 Å². The average Bonchev–Trinajstić information content (AvgIpc) is 2.28. The van der Waals surface area contributed by atoms with Gasteiger partial charge < -0.3 is 10.1 Å². The van der Waals surface area contributed by atoms with Crippen LogP contribution in [-0.4, -0.2) is 20.7 Å². The van der Waals surface area contributed by atoms with Gasteiger partial charge in [0, 0.05) is 0 Å². The van der Waals surface area contributed by atoms with Gasteiger partial charge in [-0.25, -0.2) is 0 Å². The van der Waals surface area contributed by atoms with Crippen LogP contribution in [0.5, 0.6) is 5.75 Å². The fourth-order valence-electron chi connectivity index (χ4n) is 0.920. The molecule has 0 aromatic heterocycles. The van der Waals surface area contributed by atoms with E-state index in [0.29, 0.717) is 0 Å². The summed E-state index contributed by atoms with van der Waals surface area (Å²) in [5, 5.41) is 2.75. The Kier molecular flexibility index (Phi) is 8.49. The van der Waals surface area contributed by atoms with Gasteiger partial charge in [0.2, 0.25) is 0 Å². The van der Waals surface area contributed by atoms with Crippen molar-refractivity contribution in [2.45, 2.75) is 13.3 Å². The van der Waals surface area contributed by atoms with Crippen LogP contribution < -0.4 is 10.1 Å². The first-order valence-corrected chi connectivity index (χ1v) is 5.22. The quantitative estimate of drug-likeness (QED) is 0.819. The maximum Gasteiger partial charge on any atom is 0.119 e. The minimum atomic E-state index is 0.785. The fourth-order valence-corrected chi connectivity index (χ4v) is 0.920. The van der Waals surface area contributed by atoms with E-state index >= 15 is 0 Å². The highest BCUT2D eigenvalue weighted by Gasteiger charge is 1.90. The van der Waals surface area contributed by atoms with Gasteiger partial charge in [-0.1, -0.05) is 31.7 Å². The van der Waals surface area contributed by atoms with Crippen molar-refractivity contribution in [3.63, 3.8) is 0 Å². The van der Waals surface area contributed by atoms with Crippen LogP contribution >= 0.6 is 0 Å². The second-order valence-corrected chi connectivity index (χ2v) is 3.12. The van der Waals surface area contributed by atoms with Crippen LogP contribution in [0, 0.1) is 0 Å². The minimum absolute atomic E-state index is 0.785. The lowest BCUT2D eigenvalue weighted by atomic mass is 10.2. The van der Waals surface area contributed by atoms with Crippen molar-refractivity contribution in [2.75, 3.05) is 20.7 Å². The molecule has 0 atom stereocenters. The van der Waals surface area contributed by atoms with Crippen molar-refractivity contribution < 1.29 is 4.74 Å². The summed E-state index contributed by atoms with van der Waals surface area (Å²) in [5.74, 6) is 0.933. The lowest BCUT2D eigenvalue weighted by molar-refractivity contribution is 0.317. The molecule has 0 aliphatic heterocycles. The topological polar surface area (TPSA) is 21.3 Å². The van der Waals surface area contributed by atoms with Gasteiger partial charge in [0.1, 0.15) is 5.75 Å². The highest BCUT2D eigenvalue weighted by Crippen LogP contribution is 2.12. The third kappa shape index (κ3) is 6.75.